The molecule has 0 radical (unpaired) electrons. The summed E-state index contributed by atoms with van der Waals surface area (Å²) < 4.78 is 5.54. The lowest BCUT2D eigenvalue weighted by atomic mass is 9.96. The second-order valence-electron chi connectivity index (χ2n) is 4.69. The van der Waals surface area contributed by atoms with E-state index >= 15 is 0 Å². The minimum absolute atomic E-state index is 0.358. The van der Waals surface area contributed by atoms with Crippen LogP contribution in [0.4, 0.5) is 6.01 Å². The summed E-state index contributed by atoms with van der Waals surface area (Å²) in [5.41, 5.74) is 0. The molecule has 104 valence electrons. The van der Waals surface area contributed by atoms with Gasteiger partial charge in [-0.3, -0.25) is 0 Å². The summed E-state index contributed by atoms with van der Waals surface area (Å²) in [6.07, 6.45) is 3.42. The molecule has 1 atom stereocenters. The monoisotopic (exact) mass is 254 g/mol. The highest BCUT2D eigenvalue weighted by atomic mass is 16.4. The van der Waals surface area contributed by atoms with Gasteiger partial charge < -0.3 is 15.1 Å². The van der Waals surface area contributed by atoms with Crippen LogP contribution in [0.5, 0.6) is 0 Å². The van der Waals surface area contributed by atoms with E-state index in [2.05, 4.69) is 48.5 Å². The standard InChI is InChI=1S/C13H26N4O/c1-5-8-14-9-12-16-17-13(18-12)15-10(4)11(6-2)7-3/h10-11,14H,5-9H2,1-4H3,(H,15,17). The molecule has 0 aliphatic heterocycles. The zero-order valence-electron chi connectivity index (χ0n) is 12.0. The van der Waals surface area contributed by atoms with Gasteiger partial charge in [0.05, 0.1) is 6.54 Å². The van der Waals surface area contributed by atoms with Crippen molar-refractivity contribution < 1.29 is 4.42 Å². The van der Waals surface area contributed by atoms with Crippen LogP contribution in [-0.4, -0.2) is 22.8 Å². The van der Waals surface area contributed by atoms with Gasteiger partial charge in [0, 0.05) is 6.04 Å². The summed E-state index contributed by atoms with van der Waals surface area (Å²) in [4.78, 5) is 0. The number of anilines is 1. The predicted octanol–water partition coefficient (Wildman–Crippen LogP) is 2.81. The molecule has 0 aromatic carbocycles. The van der Waals surface area contributed by atoms with Gasteiger partial charge in [0.25, 0.3) is 0 Å². The lowest BCUT2D eigenvalue weighted by molar-refractivity contribution is 0.418. The van der Waals surface area contributed by atoms with Crippen molar-refractivity contribution in [3.63, 3.8) is 0 Å². The van der Waals surface area contributed by atoms with Crippen LogP contribution in [0.1, 0.15) is 52.8 Å². The smallest absolute Gasteiger partial charge is 0.315 e. The maximum absolute atomic E-state index is 5.54. The van der Waals surface area contributed by atoms with E-state index in [0.29, 0.717) is 30.4 Å². The highest BCUT2D eigenvalue weighted by Gasteiger charge is 2.15. The zero-order chi connectivity index (χ0) is 13.4. The molecule has 1 rings (SSSR count). The average Bonchev–Trinajstić information content (AvgIpc) is 2.79. The Hall–Kier alpha value is -1.10. The van der Waals surface area contributed by atoms with Crippen LogP contribution in [0.25, 0.3) is 0 Å². The first-order valence-electron chi connectivity index (χ1n) is 7.00. The summed E-state index contributed by atoms with van der Waals surface area (Å²) in [6.45, 7) is 10.3. The van der Waals surface area contributed by atoms with E-state index in [1.807, 2.05) is 0 Å². The van der Waals surface area contributed by atoms with Gasteiger partial charge in [-0.1, -0.05) is 38.7 Å². The van der Waals surface area contributed by atoms with Crippen LogP contribution in [0, 0.1) is 5.92 Å². The minimum atomic E-state index is 0.358. The molecule has 2 N–H and O–H groups in total. The maximum Gasteiger partial charge on any atom is 0.315 e. The highest BCUT2D eigenvalue weighted by molar-refractivity contribution is 5.19. The van der Waals surface area contributed by atoms with Crippen molar-refractivity contribution in [3.8, 4) is 0 Å². The summed E-state index contributed by atoms with van der Waals surface area (Å²) in [5, 5.41) is 14.6. The molecular formula is C13H26N4O. The number of nitrogens with one attached hydrogen (secondary N) is 2. The fourth-order valence-electron chi connectivity index (χ4n) is 2.06. The van der Waals surface area contributed by atoms with E-state index in [9.17, 15) is 0 Å². The number of rotatable bonds is 9. The van der Waals surface area contributed by atoms with Gasteiger partial charge in [-0.25, -0.2) is 0 Å². The quantitative estimate of drug-likeness (QED) is 0.663. The van der Waals surface area contributed by atoms with Crippen LogP contribution < -0.4 is 10.6 Å². The molecule has 1 heterocycles. The van der Waals surface area contributed by atoms with Crippen molar-refractivity contribution in [1.82, 2.24) is 15.5 Å². The molecule has 1 aromatic rings. The molecule has 0 aliphatic carbocycles. The molecular weight excluding hydrogens is 228 g/mol. The minimum Gasteiger partial charge on any atom is -0.407 e. The molecule has 0 spiro atoms. The Balaban J connectivity index is 2.42. The fraction of sp³-hybridized carbons (Fsp3) is 0.846. The SMILES string of the molecule is CCCNCc1nnc(NC(C)C(CC)CC)o1. The summed E-state index contributed by atoms with van der Waals surface area (Å²) in [5.74, 6) is 1.28. The molecule has 0 saturated heterocycles. The Morgan fingerprint density at radius 2 is 1.89 bits per heavy atom. The van der Waals surface area contributed by atoms with E-state index in [1.165, 1.54) is 0 Å². The molecule has 0 aliphatic rings. The average molecular weight is 254 g/mol. The van der Waals surface area contributed by atoms with Crippen molar-refractivity contribution >= 4 is 6.01 Å². The molecule has 5 heteroatoms. The molecule has 1 aromatic heterocycles. The Bertz CT molecular complexity index is 323. The Labute approximate surface area is 110 Å². The van der Waals surface area contributed by atoms with Gasteiger partial charge >= 0.3 is 6.01 Å². The van der Waals surface area contributed by atoms with Gasteiger partial charge in [0.2, 0.25) is 5.89 Å². The van der Waals surface area contributed by atoms with E-state index in [4.69, 9.17) is 4.42 Å². The van der Waals surface area contributed by atoms with Crippen molar-refractivity contribution in [2.45, 2.75) is 59.5 Å². The second kappa shape index (κ2) is 8.08. The number of hydrogen-bond donors (Lipinski definition) is 2. The van der Waals surface area contributed by atoms with E-state index in [1.54, 1.807) is 0 Å². The summed E-state index contributed by atoms with van der Waals surface area (Å²) >= 11 is 0. The molecule has 0 saturated carbocycles. The summed E-state index contributed by atoms with van der Waals surface area (Å²) in [6, 6.07) is 0.889. The largest absolute Gasteiger partial charge is 0.407 e. The van der Waals surface area contributed by atoms with Gasteiger partial charge in [0.1, 0.15) is 0 Å². The first-order chi connectivity index (χ1) is 8.71. The highest BCUT2D eigenvalue weighted by Crippen LogP contribution is 2.17. The van der Waals surface area contributed by atoms with E-state index < -0.39 is 0 Å². The lowest BCUT2D eigenvalue weighted by Gasteiger charge is -2.20. The normalized spacial score (nSPS) is 12.9. The Kier molecular flexibility index (Phi) is 6.72. The van der Waals surface area contributed by atoms with Gasteiger partial charge in [-0.15, -0.1) is 5.10 Å². The molecule has 0 fully saturated rings. The molecule has 0 amide bonds. The molecule has 0 bridgehead atoms. The van der Waals surface area contributed by atoms with Crippen LogP contribution in [0.15, 0.2) is 4.42 Å². The first-order valence-corrected chi connectivity index (χ1v) is 7.00. The van der Waals surface area contributed by atoms with Crippen LogP contribution in [-0.2, 0) is 6.54 Å². The van der Waals surface area contributed by atoms with Crippen molar-refractivity contribution in [2.75, 3.05) is 11.9 Å². The predicted molar refractivity (Wildman–Crippen MR) is 73.5 cm³/mol. The summed E-state index contributed by atoms with van der Waals surface area (Å²) in [7, 11) is 0. The zero-order valence-corrected chi connectivity index (χ0v) is 12.0. The van der Waals surface area contributed by atoms with Crippen molar-refractivity contribution in [1.29, 1.82) is 0 Å². The van der Waals surface area contributed by atoms with Crippen LogP contribution >= 0.6 is 0 Å². The van der Waals surface area contributed by atoms with Crippen LogP contribution in [0.3, 0.4) is 0 Å². The second-order valence-corrected chi connectivity index (χ2v) is 4.69. The van der Waals surface area contributed by atoms with Gasteiger partial charge in [0.15, 0.2) is 0 Å². The van der Waals surface area contributed by atoms with Crippen molar-refractivity contribution in [3.05, 3.63) is 5.89 Å². The molecule has 5 nitrogen and oxygen atoms in total. The number of nitrogens with zero attached hydrogens (tertiary/aromatic N) is 2. The third-order valence-corrected chi connectivity index (χ3v) is 3.28. The Morgan fingerprint density at radius 3 is 2.50 bits per heavy atom. The van der Waals surface area contributed by atoms with Crippen molar-refractivity contribution in [2.24, 2.45) is 5.92 Å². The lowest BCUT2D eigenvalue weighted by Crippen LogP contribution is -2.25. The maximum atomic E-state index is 5.54. The third kappa shape index (κ3) is 4.64. The van der Waals surface area contributed by atoms with Crippen LogP contribution in [0.2, 0.25) is 0 Å². The molecule has 1 unspecified atom stereocenters. The van der Waals surface area contributed by atoms with Gasteiger partial charge in [-0.2, -0.15) is 0 Å². The van der Waals surface area contributed by atoms with Gasteiger partial charge in [-0.05, 0) is 25.8 Å². The fourth-order valence-corrected chi connectivity index (χ4v) is 2.06. The molecule has 18 heavy (non-hydrogen) atoms. The number of aromatic nitrogens is 2. The van der Waals surface area contributed by atoms with E-state index in [0.717, 1.165) is 25.8 Å². The first kappa shape index (κ1) is 15.0. The third-order valence-electron chi connectivity index (χ3n) is 3.28. The Morgan fingerprint density at radius 1 is 1.17 bits per heavy atom. The number of hydrogen-bond acceptors (Lipinski definition) is 5. The van der Waals surface area contributed by atoms with E-state index in [-0.39, 0.29) is 0 Å². The topological polar surface area (TPSA) is 63.0 Å².